The van der Waals surface area contributed by atoms with Crippen LogP contribution >= 0.6 is 11.6 Å². The van der Waals surface area contributed by atoms with Gasteiger partial charge in [0.05, 0.1) is 17.5 Å². The van der Waals surface area contributed by atoms with Crippen molar-refractivity contribution in [3.8, 4) is 11.5 Å². The molecule has 1 N–H and O–H groups in total. The Hall–Kier alpha value is -2.13. The number of fused-ring (bicyclic) bond motifs is 1. The van der Waals surface area contributed by atoms with Gasteiger partial charge in [-0.2, -0.15) is 0 Å². The number of furan rings is 1. The fourth-order valence-corrected chi connectivity index (χ4v) is 3.69. The number of aromatic hydroxyl groups is 1. The van der Waals surface area contributed by atoms with E-state index in [-0.39, 0.29) is 0 Å². The van der Waals surface area contributed by atoms with Crippen LogP contribution in [0.3, 0.4) is 0 Å². The fraction of sp³-hybridized carbons (Fsp3) is 0.364. The van der Waals surface area contributed by atoms with Crippen molar-refractivity contribution in [2.45, 2.75) is 46.0 Å². The maximum Gasteiger partial charge on any atom is 0.156 e. The number of ether oxygens (including phenoxy) is 1. The lowest BCUT2D eigenvalue weighted by Gasteiger charge is -2.07. The normalized spacial score (nSPS) is 11.2. The highest BCUT2D eigenvalue weighted by Crippen LogP contribution is 2.41. The van der Waals surface area contributed by atoms with Crippen LogP contribution in [-0.4, -0.2) is 12.2 Å². The summed E-state index contributed by atoms with van der Waals surface area (Å²) in [6, 6.07) is 9.79. The number of methoxy groups -OCH3 is 1. The molecule has 0 bridgehead atoms. The molecule has 1 heterocycles. The van der Waals surface area contributed by atoms with Crippen molar-refractivity contribution >= 4 is 22.6 Å². The molecule has 0 saturated carbocycles. The van der Waals surface area contributed by atoms with Crippen LogP contribution in [0.4, 0.5) is 0 Å². The van der Waals surface area contributed by atoms with Crippen LogP contribution in [0.1, 0.15) is 49.1 Å². The summed E-state index contributed by atoms with van der Waals surface area (Å²) in [5.41, 5.74) is 3.68. The van der Waals surface area contributed by atoms with Gasteiger partial charge >= 0.3 is 0 Å². The fourth-order valence-electron chi connectivity index (χ4n) is 3.42. The Labute approximate surface area is 159 Å². The van der Waals surface area contributed by atoms with E-state index in [0.717, 1.165) is 59.3 Å². The molecule has 0 radical (unpaired) electrons. The van der Waals surface area contributed by atoms with Crippen molar-refractivity contribution in [1.29, 1.82) is 0 Å². The van der Waals surface area contributed by atoms with E-state index in [4.69, 9.17) is 20.8 Å². The molecule has 0 amide bonds. The Morgan fingerprint density at radius 3 is 2.38 bits per heavy atom. The predicted molar refractivity (Wildman–Crippen MR) is 107 cm³/mol. The van der Waals surface area contributed by atoms with Gasteiger partial charge in [0, 0.05) is 12.0 Å². The summed E-state index contributed by atoms with van der Waals surface area (Å²) in [6.07, 6.45) is 4.23. The number of aryl methyl sites for hydroxylation is 2. The van der Waals surface area contributed by atoms with Crippen molar-refractivity contribution in [3.05, 3.63) is 57.8 Å². The number of hydrogen-bond acceptors (Lipinski definition) is 3. The van der Waals surface area contributed by atoms with E-state index in [1.54, 1.807) is 7.11 Å². The maximum absolute atomic E-state index is 10.8. The van der Waals surface area contributed by atoms with Crippen molar-refractivity contribution in [1.82, 2.24) is 0 Å². The highest BCUT2D eigenvalue weighted by molar-refractivity contribution is 6.35. The van der Waals surface area contributed by atoms with Crippen LogP contribution < -0.4 is 4.74 Å². The zero-order chi connectivity index (χ0) is 18.7. The molecule has 138 valence electrons. The van der Waals surface area contributed by atoms with Crippen molar-refractivity contribution in [2.75, 3.05) is 7.11 Å². The summed E-state index contributed by atoms with van der Waals surface area (Å²) < 4.78 is 11.4. The Morgan fingerprint density at radius 1 is 1.08 bits per heavy atom. The number of halogens is 1. The van der Waals surface area contributed by atoms with Gasteiger partial charge in [0.2, 0.25) is 0 Å². The lowest BCUT2D eigenvalue weighted by Crippen LogP contribution is -1.93. The van der Waals surface area contributed by atoms with Gasteiger partial charge in [-0.05, 0) is 42.2 Å². The monoisotopic (exact) mass is 372 g/mol. The SMILES string of the molecule is CCCc1cc(Cl)c2oc(Cc3ccc(OC)cc3)c(CCC)c2c1O. The first-order valence-electron chi connectivity index (χ1n) is 9.16. The molecule has 3 rings (SSSR count). The van der Waals surface area contributed by atoms with Crippen LogP contribution in [0, 0.1) is 0 Å². The van der Waals surface area contributed by atoms with Crippen LogP contribution in [0.25, 0.3) is 11.0 Å². The average molecular weight is 373 g/mol. The van der Waals surface area contributed by atoms with Crippen LogP contribution in [0.2, 0.25) is 5.02 Å². The molecule has 0 fully saturated rings. The molecule has 2 aromatic carbocycles. The summed E-state index contributed by atoms with van der Waals surface area (Å²) in [6.45, 7) is 4.22. The Balaban J connectivity index is 2.10. The molecule has 1 aromatic heterocycles. The highest BCUT2D eigenvalue weighted by Gasteiger charge is 2.21. The molecular weight excluding hydrogens is 348 g/mol. The minimum Gasteiger partial charge on any atom is -0.507 e. The number of benzene rings is 2. The summed E-state index contributed by atoms with van der Waals surface area (Å²) >= 11 is 6.48. The topological polar surface area (TPSA) is 42.6 Å². The molecule has 0 spiro atoms. The Bertz CT molecular complexity index is 894. The van der Waals surface area contributed by atoms with Gasteiger partial charge in [-0.3, -0.25) is 0 Å². The maximum atomic E-state index is 10.8. The summed E-state index contributed by atoms with van der Waals surface area (Å²) in [7, 11) is 1.66. The zero-order valence-corrected chi connectivity index (χ0v) is 16.3. The van der Waals surface area contributed by atoms with E-state index >= 15 is 0 Å². The number of rotatable bonds is 7. The molecule has 0 unspecified atom stereocenters. The van der Waals surface area contributed by atoms with Gasteiger partial charge in [0.1, 0.15) is 17.3 Å². The highest BCUT2D eigenvalue weighted by atomic mass is 35.5. The molecular formula is C22H25ClO3. The first kappa shape index (κ1) is 18.7. The number of hydrogen-bond donors (Lipinski definition) is 1. The Morgan fingerprint density at radius 2 is 1.77 bits per heavy atom. The number of phenols is 1. The van der Waals surface area contributed by atoms with Crippen LogP contribution in [0.15, 0.2) is 34.7 Å². The van der Waals surface area contributed by atoms with E-state index in [9.17, 15) is 5.11 Å². The number of phenolic OH excluding ortho intramolecular Hbond substituents is 1. The minimum absolute atomic E-state index is 0.319. The molecule has 0 saturated heterocycles. The zero-order valence-electron chi connectivity index (χ0n) is 15.6. The predicted octanol–water partition coefficient (Wildman–Crippen LogP) is 6.30. The first-order chi connectivity index (χ1) is 12.6. The summed E-state index contributed by atoms with van der Waals surface area (Å²) in [5, 5.41) is 12.2. The molecule has 26 heavy (non-hydrogen) atoms. The molecule has 0 aliphatic heterocycles. The van der Waals surface area contributed by atoms with E-state index in [2.05, 4.69) is 13.8 Å². The first-order valence-corrected chi connectivity index (χ1v) is 9.54. The second-order valence-corrected chi connectivity index (χ2v) is 7.01. The smallest absolute Gasteiger partial charge is 0.156 e. The van der Waals surface area contributed by atoms with E-state index < -0.39 is 0 Å². The lowest BCUT2D eigenvalue weighted by atomic mass is 9.98. The van der Waals surface area contributed by atoms with Crippen molar-refractivity contribution in [2.24, 2.45) is 0 Å². The molecule has 0 aliphatic carbocycles. The summed E-state index contributed by atoms with van der Waals surface area (Å²) in [5.74, 6) is 2.02. The van der Waals surface area contributed by atoms with E-state index in [1.807, 2.05) is 30.3 Å². The second kappa shape index (κ2) is 8.05. The summed E-state index contributed by atoms with van der Waals surface area (Å²) in [4.78, 5) is 0. The van der Waals surface area contributed by atoms with Gasteiger partial charge < -0.3 is 14.3 Å². The van der Waals surface area contributed by atoms with Gasteiger partial charge in [-0.1, -0.05) is 50.4 Å². The quantitative estimate of drug-likeness (QED) is 0.529. The molecule has 0 aliphatic rings. The largest absolute Gasteiger partial charge is 0.507 e. The molecule has 3 nitrogen and oxygen atoms in total. The van der Waals surface area contributed by atoms with Crippen molar-refractivity contribution < 1.29 is 14.3 Å². The second-order valence-electron chi connectivity index (χ2n) is 6.60. The molecule has 4 heteroatoms. The van der Waals surface area contributed by atoms with Crippen LogP contribution in [0.5, 0.6) is 11.5 Å². The van der Waals surface area contributed by atoms with E-state index in [1.165, 1.54) is 0 Å². The minimum atomic E-state index is 0.319. The standard InChI is InChI=1S/C22H25ClO3/c1-4-6-15-13-18(23)22-20(21(15)24)17(7-5-2)19(26-22)12-14-8-10-16(25-3)11-9-14/h8-11,13,24H,4-7,12H2,1-3H3. The van der Waals surface area contributed by atoms with Gasteiger partial charge in [0.25, 0.3) is 0 Å². The van der Waals surface area contributed by atoms with Gasteiger partial charge in [-0.15, -0.1) is 0 Å². The van der Waals surface area contributed by atoms with Gasteiger partial charge in [0.15, 0.2) is 5.58 Å². The van der Waals surface area contributed by atoms with Crippen LogP contribution in [-0.2, 0) is 19.3 Å². The third-order valence-corrected chi connectivity index (χ3v) is 4.97. The third kappa shape index (κ3) is 3.54. The van der Waals surface area contributed by atoms with Gasteiger partial charge in [-0.25, -0.2) is 0 Å². The van der Waals surface area contributed by atoms with Crippen molar-refractivity contribution in [3.63, 3.8) is 0 Å². The lowest BCUT2D eigenvalue weighted by molar-refractivity contribution is 0.414. The molecule has 0 atom stereocenters. The molecule has 3 aromatic rings. The Kier molecular flexibility index (Phi) is 5.77. The third-order valence-electron chi connectivity index (χ3n) is 4.69. The average Bonchev–Trinajstić information content (AvgIpc) is 3.00. The van der Waals surface area contributed by atoms with E-state index in [0.29, 0.717) is 22.8 Å².